The number of morpholine rings is 1. The zero-order valence-corrected chi connectivity index (χ0v) is 16.3. The lowest BCUT2D eigenvalue weighted by molar-refractivity contribution is -0.172. The number of benzene rings is 1. The van der Waals surface area contributed by atoms with Gasteiger partial charge in [-0.15, -0.1) is 0 Å². The Kier molecular flexibility index (Phi) is 5.64. The molecule has 6 nitrogen and oxygen atoms in total. The van der Waals surface area contributed by atoms with Crippen LogP contribution in [0.2, 0.25) is 0 Å². The zero-order valence-electron chi connectivity index (χ0n) is 14.7. The highest BCUT2D eigenvalue weighted by Crippen LogP contribution is 2.35. The number of ether oxygens (including phenoxy) is 1. The lowest BCUT2D eigenvalue weighted by Crippen LogP contribution is -2.59. The molecule has 2 heterocycles. The fourth-order valence-corrected chi connectivity index (χ4v) is 4.15. The third-order valence-corrected chi connectivity index (χ3v) is 5.81. The largest absolute Gasteiger partial charge is 0.368 e. The molecule has 142 valence electrons. The summed E-state index contributed by atoms with van der Waals surface area (Å²) >= 11 is 3.23. The first-order chi connectivity index (χ1) is 12.3. The smallest absolute Gasteiger partial charge is 0.248 e. The van der Waals surface area contributed by atoms with E-state index in [0.717, 1.165) is 0 Å². The van der Waals surface area contributed by atoms with Gasteiger partial charge in [-0.05, 0) is 31.9 Å². The average molecular weight is 428 g/mol. The van der Waals surface area contributed by atoms with Crippen molar-refractivity contribution >= 4 is 27.7 Å². The van der Waals surface area contributed by atoms with E-state index >= 15 is 0 Å². The van der Waals surface area contributed by atoms with Crippen LogP contribution >= 0.6 is 15.9 Å². The molecule has 2 aliphatic rings. The predicted molar refractivity (Wildman–Crippen MR) is 97.8 cm³/mol. The van der Waals surface area contributed by atoms with Crippen LogP contribution in [0.3, 0.4) is 0 Å². The van der Waals surface area contributed by atoms with Gasteiger partial charge in [0.25, 0.3) is 0 Å². The first kappa shape index (κ1) is 19.3. The summed E-state index contributed by atoms with van der Waals surface area (Å²) in [5, 5.41) is 0. The first-order valence-electron chi connectivity index (χ1n) is 8.75. The number of nitrogens with two attached hydrogens (primary N) is 1. The molecule has 0 radical (unpaired) electrons. The highest BCUT2D eigenvalue weighted by Gasteiger charge is 2.43. The lowest BCUT2D eigenvalue weighted by Gasteiger charge is -2.48. The highest BCUT2D eigenvalue weighted by atomic mass is 79.9. The van der Waals surface area contributed by atoms with E-state index in [1.54, 1.807) is 17.0 Å². The number of carbonyl (C=O) groups excluding carboxylic acids is 2. The van der Waals surface area contributed by atoms with Crippen molar-refractivity contribution in [3.8, 4) is 0 Å². The molecule has 2 N–H and O–H groups in total. The summed E-state index contributed by atoms with van der Waals surface area (Å²) in [5.74, 6) is -1.02. The van der Waals surface area contributed by atoms with E-state index in [0.29, 0.717) is 43.5 Å². The van der Waals surface area contributed by atoms with Crippen molar-refractivity contribution in [2.75, 3.05) is 32.8 Å². The second-order valence-electron chi connectivity index (χ2n) is 6.89. The number of hydrogen-bond donors (Lipinski definition) is 1. The maximum Gasteiger partial charge on any atom is 0.248 e. The van der Waals surface area contributed by atoms with E-state index in [2.05, 4.69) is 15.9 Å². The molecular formula is C18H23BrFN3O3. The molecule has 2 saturated heterocycles. The Morgan fingerprint density at radius 3 is 2.69 bits per heavy atom. The minimum Gasteiger partial charge on any atom is -0.368 e. The van der Waals surface area contributed by atoms with Crippen molar-refractivity contribution in [3.63, 3.8) is 0 Å². The molecule has 1 aromatic rings. The van der Waals surface area contributed by atoms with E-state index in [1.807, 2.05) is 11.8 Å². The van der Waals surface area contributed by atoms with Crippen LogP contribution in [0.1, 0.15) is 31.4 Å². The Labute approximate surface area is 160 Å². The summed E-state index contributed by atoms with van der Waals surface area (Å²) in [7, 11) is 0. The number of halogens is 2. The van der Waals surface area contributed by atoms with Crippen LogP contribution in [0.4, 0.5) is 4.39 Å². The van der Waals surface area contributed by atoms with Crippen LogP contribution in [0.25, 0.3) is 0 Å². The topological polar surface area (TPSA) is 75.9 Å². The second-order valence-corrected chi connectivity index (χ2v) is 7.80. The number of primary amides is 1. The number of rotatable bonds is 4. The maximum atomic E-state index is 14.4. The van der Waals surface area contributed by atoms with Gasteiger partial charge in [0.05, 0.1) is 5.60 Å². The summed E-state index contributed by atoms with van der Waals surface area (Å²) in [6.07, 6.45) is 1.33. The lowest BCUT2D eigenvalue weighted by atomic mass is 9.87. The quantitative estimate of drug-likeness (QED) is 0.794. The fraction of sp³-hybridized carbons (Fsp3) is 0.556. The van der Waals surface area contributed by atoms with E-state index in [1.165, 1.54) is 6.07 Å². The van der Waals surface area contributed by atoms with Crippen molar-refractivity contribution in [2.45, 2.75) is 31.4 Å². The average Bonchev–Trinajstić information content (AvgIpc) is 2.61. The molecule has 2 fully saturated rings. The third kappa shape index (κ3) is 3.77. The molecule has 26 heavy (non-hydrogen) atoms. The highest BCUT2D eigenvalue weighted by molar-refractivity contribution is 9.10. The van der Waals surface area contributed by atoms with E-state index in [9.17, 15) is 14.0 Å². The van der Waals surface area contributed by atoms with E-state index in [4.69, 9.17) is 10.5 Å². The summed E-state index contributed by atoms with van der Waals surface area (Å²) in [6, 6.07) is 3.82. The van der Waals surface area contributed by atoms with Crippen molar-refractivity contribution in [1.82, 2.24) is 9.80 Å². The molecule has 8 heteroatoms. The molecule has 2 amide bonds. The van der Waals surface area contributed by atoms with Gasteiger partial charge in [-0.1, -0.05) is 22.0 Å². The summed E-state index contributed by atoms with van der Waals surface area (Å²) in [4.78, 5) is 27.6. The number of likely N-dealkylation sites (N-methyl/N-ethyl adjacent to an activating group) is 1. The number of carbonyl (C=O) groups is 2. The SMILES string of the molecule is CCN1CC2(CCN(C(C(N)=O)c3ccc(Br)cc3F)CC2)OCC1=O. The Morgan fingerprint density at radius 2 is 2.12 bits per heavy atom. The molecular weight excluding hydrogens is 405 g/mol. The Balaban J connectivity index is 1.75. The molecule has 1 unspecified atom stereocenters. The molecule has 1 aromatic carbocycles. The van der Waals surface area contributed by atoms with Gasteiger partial charge < -0.3 is 15.4 Å². The molecule has 0 aromatic heterocycles. The molecule has 1 spiro atoms. The summed E-state index contributed by atoms with van der Waals surface area (Å²) < 4.78 is 20.9. The molecule has 2 aliphatic heterocycles. The van der Waals surface area contributed by atoms with Gasteiger partial charge in [-0.25, -0.2) is 4.39 Å². The Morgan fingerprint density at radius 1 is 1.42 bits per heavy atom. The number of nitrogens with zero attached hydrogens (tertiary/aromatic N) is 2. The van der Waals surface area contributed by atoms with Crippen LogP contribution in [-0.4, -0.2) is 60.0 Å². The maximum absolute atomic E-state index is 14.4. The second kappa shape index (κ2) is 7.62. The number of amides is 2. The standard InChI is InChI=1S/C18H23BrFN3O3/c1-2-22-11-18(26-10-15(22)24)5-7-23(8-6-18)16(17(21)25)13-4-3-12(19)9-14(13)20/h3-4,9,16H,2,5-8,10-11H2,1H3,(H2,21,25). The fourth-order valence-electron chi connectivity index (χ4n) is 3.82. The van der Waals surface area contributed by atoms with Crippen LogP contribution < -0.4 is 5.73 Å². The van der Waals surface area contributed by atoms with Crippen molar-refractivity contribution in [3.05, 3.63) is 34.1 Å². The third-order valence-electron chi connectivity index (χ3n) is 5.32. The van der Waals surface area contributed by atoms with Crippen LogP contribution in [0.5, 0.6) is 0 Å². The number of piperidine rings is 1. The van der Waals surface area contributed by atoms with Gasteiger partial charge >= 0.3 is 0 Å². The summed E-state index contributed by atoms with van der Waals surface area (Å²) in [5.41, 5.74) is 5.49. The van der Waals surface area contributed by atoms with Gasteiger partial charge in [-0.2, -0.15) is 0 Å². The van der Waals surface area contributed by atoms with Crippen molar-refractivity contribution in [2.24, 2.45) is 5.73 Å². The molecule has 0 aliphatic carbocycles. The molecule has 0 saturated carbocycles. The summed E-state index contributed by atoms with van der Waals surface area (Å²) in [6.45, 7) is 4.36. The van der Waals surface area contributed by atoms with Crippen LogP contribution in [0.15, 0.2) is 22.7 Å². The number of likely N-dealkylation sites (tertiary alicyclic amines) is 1. The molecule has 1 atom stereocenters. The van der Waals surface area contributed by atoms with Crippen molar-refractivity contribution in [1.29, 1.82) is 0 Å². The van der Waals surface area contributed by atoms with Gasteiger partial charge in [0.15, 0.2) is 0 Å². The van der Waals surface area contributed by atoms with Gasteiger partial charge in [0.1, 0.15) is 18.5 Å². The Bertz CT molecular complexity index is 707. The van der Waals surface area contributed by atoms with Crippen molar-refractivity contribution < 1.29 is 18.7 Å². The first-order valence-corrected chi connectivity index (χ1v) is 9.54. The normalized spacial score (nSPS) is 21.8. The van der Waals surface area contributed by atoms with Gasteiger partial charge in [0.2, 0.25) is 11.8 Å². The minimum absolute atomic E-state index is 0.00695. The molecule has 0 bridgehead atoms. The predicted octanol–water partition coefficient (Wildman–Crippen LogP) is 1.83. The van der Waals surface area contributed by atoms with E-state index in [-0.39, 0.29) is 23.7 Å². The van der Waals surface area contributed by atoms with Gasteiger partial charge in [-0.3, -0.25) is 14.5 Å². The zero-order chi connectivity index (χ0) is 18.9. The van der Waals surface area contributed by atoms with Crippen LogP contribution in [-0.2, 0) is 14.3 Å². The Hall–Kier alpha value is -1.51. The minimum atomic E-state index is -0.812. The van der Waals surface area contributed by atoms with Crippen LogP contribution in [0, 0.1) is 5.82 Å². The number of hydrogen-bond acceptors (Lipinski definition) is 4. The monoisotopic (exact) mass is 427 g/mol. The molecule has 3 rings (SSSR count). The van der Waals surface area contributed by atoms with Gasteiger partial charge in [0, 0.05) is 36.2 Å². The van der Waals surface area contributed by atoms with E-state index < -0.39 is 17.8 Å².